The molecule has 0 spiro atoms. The van der Waals surface area contributed by atoms with Crippen LogP contribution in [-0.2, 0) is 0 Å². The van der Waals surface area contributed by atoms with Crippen LogP contribution in [-0.4, -0.2) is 18.9 Å². The van der Waals surface area contributed by atoms with Crippen molar-refractivity contribution in [2.24, 2.45) is 0 Å². The number of fused-ring (bicyclic) bond motifs is 5. The molecule has 1 N–H and O–H groups in total. The smallest absolute Gasteiger partial charge is 0.258 e. The zero-order valence-electron chi connectivity index (χ0n) is 20.5. The summed E-state index contributed by atoms with van der Waals surface area (Å²) in [6.45, 7) is 20.4. The second-order valence-corrected chi connectivity index (χ2v) is 16.0. The standard InChI is InChI=1S/C27H37NO2Si/c1-16(2)31(17(3)4,18(5)6)30-24-15-23-22(14-19(24)7)21-11-10-20-12-13-27(8,9)29-26(20)25(21)28-23/h10-18,28H,1-9H3. The van der Waals surface area contributed by atoms with Crippen molar-refractivity contribution in [3.8, 4) is 11.5 Å². The van der Waals surface area contributed by atoms with Gasteiger partial charge in [-0.2, -0.15) is 0 Å². The molecule has 0 fully saturated rings. The first-order valence-corrected chi connectivity index (χ1v) is 13.8. The van der Waals surface area contributed by atoms with Crippen molar-refractivity contribution in [3.63, 3.8) is 0 Å². The van der Waals surface area contributed by atoms with Gasteiger partial charge >= 0.3 is 0 Å². The molecule has 0 bridgehead atoms. The number of aromatic nitrogens is 1. The summed E-state index contributed by atoms with van der Waals surface area (Å²) in [4.78, 5) is 3.66. The van der Waals surface area contributed by atoms with Crippen molar-refractivity contribution in [3.05, 3.63) is 41.5 Å². The van der Waals surface area contributed by atoms with Crippen LogP contribution in [0.4, 0.5) is 0 Å². The molecular formula is C27H37NO2Si. The minimum Gasteiger partial charge on any atom is -0.542 e. The van der Waals surface area contributed by atoms with Gasteiger partial charge in [-0.15, -0.1) is 0 Å². The highest BCUT2D eigenvalue weighted by Gasteiger charge is 2.47. The van der Waals surface area contributed by atoms with E-state index in [4.69, 9.17) is 9.16 Å². The van der Waals surface area contributed by atoms with E-state index in [2.05, 4.69) is 104 Å². The van der Waals surface area contributed by atoms with Crippen LogP contribution >= 0.6 is 0 Å². The van der Waals surface area contributed by atoms with Crippen molar-refractivity contribution in [1.29, 1.82) is 0 Å². The molecule has 0 radical (unpaired) electrons. The Balaban J connectivity index is 1.88. The van der Waals surface area contributed by atoms with E-state index >= 15 is 0 Å². The third-order valence-corrected chi connectivity index (χ3v) is 13.1. The average Bonchev–Trinajstić information content (AvgIpc) is 3.02. The average molecular weight is 436 g/mol. The second-order valence-electron chi connectivity index (χ2n) is 10.7. The van der Waals surface area contributed by atoms with Crippen LogP contribution in [0.25, 0.3) is 27.9 Å². The Hall–Kier alpha value is -2.20. The van der Waals surface area contributed by atoms with E-state index in [0.717, 1.165) is 28.1 Å². The van der Waals surface area contributed by atoms with Gasteiger partial charge < -0.3 is 14.1 Å². The number of aromatic amines is 1. The summed E-state index contributed by atoms with van der Waals surface area (Å²) in [5, 5.41) is 2.43. The highest BCUT2D eigenvalue weighted by molar-refractivity contribution is 6.78. The summed E-state index contributed by atoms with van der Waals surface area (Å²) in [6.07, 6.45) is 4.28. The quantitative estimate of drug-likeness (QED) is 0.408. The highest BCUT2D eigenvalue weighted by Crippen LogP contribution is 2.45. The van der Waals surface area contributed by atoms with E-state index in [1.165, 1.54) is 16.3 Å². The molecule has 4 heteroatoms. The summed E-state index contributed by atoms with van der Waals surface area (Å²) in [5.74, 6) is 1.97. The number of aryl methyl sites for hydroxylation is 1. The summed E-state index contributed by atoms with van der Waals surface area (Å²) in [5.41, 5.74) is 5.82. The monoisotopic (exact) mass is 435 g/mol. The Kier molecular flexibility index (Phi) is 5.28. The van der Waals surface area contributed by atoms with E-state index in [0.29, 0.717) is 16.6 Å². The maximum absolute atomic E-state index is 7.04. The number of H-pyrrole nitrogens is 1. The van der Waals surface area contributed by atoms with Gasteiger partial charge in [-0.1, -0.05) is 59.8 Å². The summed E-state index contributed by atoms with van der Waals surface area (Å²) >= 11 is 0. The Labute approximate surface area is 188 Å². The molecule has 166 valence electrons. The third-order valence-electron chi connectivity index (χ3n) is 7.08. The minimum atomic E-state index is -2.02. The van der Waals surface area contributed by atoms with Crippen LogP contribution < -0.4 is 9.16 Å². The second kappa shape index (κ2) is 7.44. The van der Waals surface area contributed by atoms with Crippen molar-refractivity contribution < 1.29 is 9.16 Å². The molecular weight excluding hydrogens is 398 g/mol. The summed E-state index contributed by atoms with van der Waals surface area (Å²) in [6, 6.07) is 8.86. The van der Waals surface area contributed by atoms with Gasteiger partial charge in [0.2, 0.25) is 0 Å². The van der Waals surface area contributed by atoms with Gasteiger partial charge in [-0.25, -0.2) is 0 Å². The topological polar surface area (TPSA) is 34.2 Å². The van der Waals surface area contributed by atoms with Crippen LogP contribution in [0, 0.1) is 6.92 Å². The first-order valence-electron chi connectivity index (χ1n) is 11.6. The Morgan fingerprint density at radius 3 is 2.19 bits per heavy atom. The van der Waals surface area contributed by atoms with E-state index in [1.807, 2.05) is 0 Å². The number of hydrogen-bond donors (Lipinski definition) is 1. The highest BCUT2D eigenvalue weighted by atomic mass is 28.4. The van der Waals surface area contributed by atoms with Crippen molar-refractivity contribution in [2.45, 2.75) is 84.5 Å². The molecule has 4 rings (SSSR count). The molecule has 0 saturated carbocycles. The van der Waals surface area contributed by atoms with Gasteiger partial charge in [0, 0.05) is 22.4 Å². The number of benzene rings is 2. The van der Waals surface area contributed by atoms with Gasteiger partial charge in [0.05, 0.1) is 11.0 Å². The maximum atomic E-state index is 7.04. The lowest BCUT2D eigenvalue weighted by Gasteiger charge is -2.42. The Bertz CT molecular complexity index is 1150. The molecule has 0 aliphatic carbocycles. The SMILES string of the molecule is Cc1cc2c(cc1O[Si](C(C)C)(C(C)C)C(C)C)[nH]c1c3c(ccc12)C=CC(C)(C)O3. The normalized spacial score (nSPS) is 15.9. The predicted molar refractivity (Wildman–Crippen MR) is 136 cm³/mol. The lowest BCUT2D eigenvalue weighted by molar-refractivity contribution is 0.161. The number of nitrogens with one attached hydrogen (secondary N) is 1. The van der Waals surface area contributed by atoms with E-state index in [-0.39, 0.29) is 5.60 Å². The maximum Gasteiger partial charge on any atom is 0.258 e. The van der Waals surface area contributed by atoms with E-state index in [9.17, 15) is 0 Å². The van der Waals surface area contributed by atoms with Crippen LogP contribution in [0.3, 0.4) is 0 Å². The first-order chi connectivity index (χ1) is 14.5. The molecule has 2 heterocycles. The molecule has 0 amide bonds. The van der Waals surface area contributed by atoms with Crippen LogP contribution in [0.2, 0.25) is 16.6 Å². The van der Waals surface area contributed by atoms with Crippen LogP contribution in [0.1, 0.15) is 66.5 Å². The van der Waals surface area contributed by atoms with E-state index < -0.39 is 8.32 Å². The molecule has 0 saturated heterocycles. The van der Waals surface area contributed by atoms with Gasteiger partial charge in [0.25, 0.3) is 8.32 Å². The molecule has 3 nitrogen and oxygen atoms in total. The zero-order valence-corrected chi connectivity index (χ0v) is 21.5. The van der Waals surface area contributed by atoms with Crippen LogP contribution in [0.15, 0.2) is 30.3 Å². The molecule has 1 aromatic heterocycles. The third kappa shape index (κ3) is 3.49. The largest absolute Gasteiger partial charge is 0.542 e. The van der Waals surface area contributed by atoms with E-state index in [1.54, 1.807) is 0 Å². The summed E-state index contributed by atoms with van der Waals surface area (Å²) < 4.78 is 13.4. The zero-order chi connectivity index (χ0) is 22.7. The number of ether oxygens (including phenoxy) is 1. The molecule has 0 unspecified atom stereocenters. The first kappa shape index (κ1) is 22.0. The van der Waals surface area contributed by atoms with Gasteiger partial charge in [-0.3, -0.25) is 0 Å². The predicted octanol–water partition coefficient (Wildman–Crippen LogP) is 8.37. The van der Waals surface area contributed by atoms with Crippen molar-refractivity contribution >= 4 is 36.2 Å². The molecule has 1 aliphatic rings. The molecule has 1 aliphatic heterocycles. The fourth-order valence-corrected chi connectivity index (χ4v) is 10.9. The Morgan fingerprint density at radius 1 is 0.935 bits per heavy atom. The van der Waals surface area contributed by atoms with Gasteiger partial charge in [-0.05, 0) is 55.1 Å². The lowest BCUT2D eigenvalue weighted by Crippen LogP contribution is -2.50. The van der Waals surface area contributed by atoms with Gasteiger partial charge in [0.15, 0.2) is 5.75 Å². The van der Waals surface area contributed by atoms with Crippen LogP contribution in [0.5, 0.6) is 11.5 Å². The molecule has 2 aromatic carbocycles. The number of rotatable bonds is 5. The Morgan fingerprint density at radius 2 is 1.58 bits per heavy atom. The molecule has 0 atom stereocenters. The summed E-state index contributed by atoms with van der Waals surface area (Å²) in [7, 11) is -2.02. The van der Waals surface area contributed by atoms with Crippen molar-refractivity contribution in [1.82, 2.24) is 4.98 Å². The number of hydrogen-bond acceptors (Lipinski definition) is 2. The van der Waals surface area contributed by atoms with Crippen molar-refractivity contribution in [2.75, 3.05) is 0 Å². The fraction of sp³-hybridized carbons (Fsp3) is 0.481. The molecule has 3 aromatic rings. The fourth-order valence-electron chi connectivity index (χ4n) is 5.58. The van der Waals surface area contributed by atoms with Gasteiger partial charge in [0.1, 0.15) is 11.4 Å². The minimum absolute atomic E-state index is 0.306. The lowest BCUT2D eigenvalue weighted by atomic mass is 10.0. The molecule has 31 heavy (non-hydrogen) atoms.